The molecule has 0 radical (unpaired) electrons. The predicted octanol–water partition coefficient (Wildman–Crippen LogP) is 5.03. The molecule has 0 aliphatic rings. The first-order chi connectivity index (χ1) is 18.4. The third kappa shape index (κ3) is 9.07. The van der Waals surface area contributed by atoms with E-state index in [1.165, 1.54) is 18.2 Å². The molecule has 0 aliphatic carbocycles. The van der Waals surface area contributed by atoms with Crippen molar-refractivity contribution in [3.8, 4) is 17.0 Å². The van der Waals surface area contributed by atoms with Gasteiger partial charge in [0.2, 0.25) is 5.88 Å². The van der Waals surface area contributed by atoms with E-state index in [1.54, 1.807) is 46.2 Å². The van der Waals surface area contributed by atoms with E-state index in [9.17, 15) is 24.2 Å². The number of nitrogens with one attached hydrogen (secondary N) is 1. The lowest BCUT2D eigenvalue weighted by Crippen LogP contribution is -2.47. The van der Waals surface area contributed by atoms with Crippen LogP contribution in [0.3, 0.4) is 0 Å². The highest BCUT2D eigenvalue weighted by Crippen LogP contribution is 2.23. The SMILES string of the molecule is COc1ccc(-c2ccc(C[C@H](NC(=O)OC(C)(C)C)[C@@H](O)C[C@@H](Cc3ccccc3F)C(=O)O)cc2)cn1. The Balaban J connectivity index is 1.78. The van der Waals surface area contributed by atoms with Gasteiger partial charge in [-0.1, -0.05) is 42.5 Å². The van der Waals surface area contributed by atoms with Crippen LogP contribution in [0.2, 0.25) is 0 Å². The minimum absolute atomic E-state index is 0.0944. The van der Waals surface area contributed by atoms with Gasteiger partial charge in [0.15, 0.2) is 0 Å². The van der Waals surface area contributed by atoms with Gasteiger partial charge in [-0.25, -0.2) is 14.2 Å². The van der Waals surface area contributed by atoms with Crippen molar-refractivity contribution in [3.63, 3.8) is 0 Å². The Morgan fingerprint density at radius 1 is 1.00 bits per heavy atom. The highest BCUT2D eigenvalue weighted by molar-refractivity contribution is 5.71. The van der Waals surface area contributed by atoms with Crippen LogP contribution in [0.25, 0.3) is 11.1 Å². The average molecular weight is 539 g/mol. The molecule has 2 aromatic carbocycles. The van der Waals surface area contributed by atoms with Gasteiger partial charge in [0.1, 0.15) is 11.4 Å². The van der Waals surface area contributed by atoms with E-state index in [4.69, 9.17) is 9.47 Å². The molecular formula is C30H35FN2O6. The maximum atomic E-state index is 14.2. The van der Waals surface area contributed by atoms with Gasteiger partial charge in [0, 0.05) is 17.8 Å². The number of hydrogen-bond acceptors (Lipinski definition) is 6. The number of rotatable bonds is 11. The molecule has 3 N–H and O–H groups in total. The minimum Gasteiger partial charge on any atom is -0.481 e. The zero-order valence-electron chi connectivity index (χ0n) is 22.6. The number of carboxylic acids is 1. The van der Waals surface area contributed by atoms with Crippen molar-refractivity contribution >= 4 is 12.1 Å². The number of hydrogen-bond donors (Lipinski definition) is 3. The fourth-order valence-corrected chi connectivity index (χ4v) is 4.16. The number of aliphatic hydroxyl groups excluding tert-OH is 1. The number of carboxylic acid groups (broad SMARTS) is 1. The molecule has 0 fully saturated rings. The second-order valence-corrected chi connectivity index (χ2v) is 10.4. The van der Waals surface area contributed by atoms with Crippen LogP contribution in [0.5, 0.6) is 5.88 Å². The van der Waals surface area contributed by atoms with Gasteiger partial charge >= 0.3 is 12.1 Å². The molecule has 1 amide bonds. The van der Waals surface area contributed by atoms with Gasteiger partial charge in [-0.2, -0.15) is 0 Å². The van der Waals surface area contributed by atoms with Gasteiger partial charge in [-0.15, -0.1) is 0 Å². The number of nitrogens with zero attached hydrogens (tertiary/aromatic N) is 1. The van der Waals surface area contributed by atoms with Crippen LogP contribution in [-0.4, -0.2) is 52.1 Å². The molecule has 9 heteroatoms. The summed E-state index contributed by atoms with van der Waals surface area (Å²) in [6, 6.07) is 16.3. The maximum absolute atomic E-state index is 14.2. The largest absolute Gasteiger partial charge is 0.481 e. The molecule has 39 heavy (non-hydrogen) atoms. The lowest BCUT2D eigenvalue weighted by Gasteiger charge is -2.28. The molecule has 0 saturated heterocycles. The molecule has 0 saturated carbocycles. The third-order valence-corrected chi connectivity index (χ3v) is 6.15. The summed E-state index contributed by atoms with van der Waals surface area (Å²) in [5, 5.41) is 23.6. The van der Waals surface area contributed by atoms with Gasteiger partial charge in [-0.3, -0.25) is 4.79 Å². The van der Waals surface area contributed by atoms with Crippen LogP contribution >= 0.6 is 0 Å². The molecule has 0 aliphatic heterocycles. The van der Waals surface area contributed by atoms with Gasteiger partial charge in [-0.05, 0) is 68.9 Å². The van der Waals surface area contributed by atoms with Gasteiger partial charge < -0.3 is 25.0 Å². The quantitative estimate of drug-likeness (QED) is 0.314. The molecule has 208 valence electrons. The highest BCUT2D eigenvalue weighted by Gasteiger charge is 2.30. The Morgan fingerprint density at radius 2 is 1.67 bits per heavy atom. The first kappa shape index (κ1) is 29.6. The Labute approximate surface area is 227 Å². The summed E-state index contributed by atoms with van der Waals surface area (Å²) in [5.41, 5.74) is 2.10. The fraction of sp³-hybridized carbons (Fsp3) is 0.367. The van der Waals surface area contributed by atoms with E-state index in [0.29, 0.717) is 5.88 Å². The van der Waals surface area contributed by atoms with E-state index >= 15 is 0 Å². The Kier molecular flexibility index (Phi) is 10.0. The van der Waals surface area contributed by atoms with Crippen LogP contribution < -0.4 is 10.1 Å². The summed E-state index contributed by atoms with van der Waals surface area (Å²) in [7, 11) is 1.55. The molecule has 1 heterocycles. The number of aromatic nitrogens is 1. The summed E-state index contributed by atoms with van der Waals surface area (Å²) in [6.07, 6.45) is -0.341. The molecule has 8 nitrogen and oxygen atoms in total. The van der Waals surface area contributed by atoms with Crippen LogP contribution in [0.15, 0.2) is 66.9 Å². The Morgan fingerprint density at radius 3 is 2.23 bits per heavy atom. The zero-order chi connectivity index (χ0) is 28.6. The number of benzene rings is 2. The van der Waals surface area contributed by atoms with E-state index < -0.39 is 41.5 Å². The van der Waals surface area contributed by atoms with Crippen molar-refractivity contribution in [1.29, 1.82) is 0 Å². The Hall–Kier alpha value is -3.98. The number of alkyl carbamates (subject to hydrolysis) is 1. The standard InChI is InChI=1S/C30H35FN2O6/c1-30(2,3)39-29(37)33-25(26(34)17-23(28(35)36)16-21-7-5-6-8-24(21)31)15-19-9-11-20(12-10-19)22-13-14-27(38-4)32-18-22/h5-14,18,23,25-26,34H,15-17H2,1-4H3,(H,33,37)(H,35,36)/t23-,25+,26+/m1/s1. The average Bonchev–Trinajstić information content (AvgIpc) is 2.88. The monoisotopic (exact) mass is 538 g/mol. The molecule has 0 bridgehead atoms. The topological polar surface area (TPSA) is 118 Å². The number of carbonyl (C=O) groups is 2. The van der Waals surface area contributed by atoms with Crippen LogP contribution in [0.4, 0.5) is 9.18 Å². The summed E-state index contributed by atoms with van der Waals surface area (Å²) < 4.78 is 24.7. The summed E-state index contributed by atoms with van der Waals surface area (Å²) >= 11 is 0. The van der Waals surface area contributed by atoms with E-state index in [2.05, 4.69) is 10.3 Å². The maximum Gasteiger partial charge on any atom is 0.407 e. The first-order valence-electron chi connectivity index (χ1n) is 12.7. The number of amides is 1. The number of aliphatic hydroxyl groups is 1. The highest BCUT2D eigenvalue weighted by atomic mass is 19.1. The zero-order valence-corrected chi connectivity index (χ0v) is 22.6. The van der Waals surface area contributed by atoms with Gasteiger partial charge in [0.05, 0.1) is 25.2 Å². The molecule has 3 rings (SSSR count). The number of methoxy groups -OCH3 is 1. The molecule has 1 aromatic heterocycles. The number of halogens is 1. The molecule has 3 atom stereocenters. The first-order valence-corrected chi connectivity index (χ1v) is 12.7. The third-order valence-electron chi connectivity index (χ3n) is 6.15. The van der Waals surface area contributed by atoms with Crippen molar-refractivity contribution in [3.05, 3.63) is 83.8 Å². The van der Waals surface area contributed by atoms with E-state index in [1.807, 2.05) is 30.3 Å². The van der Waals surface area contributed by atoms with Crippen molar-refractivity contribution in [2.75, 3.05) is 7.11 Å². The van der Waals surface area contributed by atoms with E-state index in [0.717, 1.165) is 16.7 Å². The fourth-order valence-electron chi connectivity index (χ4n) is 4.16. The summed E-state index contributed by atoms with van der Waals surface area (Å²) in [5.74, 6) is -2.22. The van der Waals surface area contributed by atoms with Crippen molar-refractivity contribution in [1.82, 2.24) is 10.3 Å². The van der Waals surface area contributed by atoms with Crippen LogP contribution in [0, 0.1) is 11.7 Å². The minimum atomic E-state index is -1.24. The number of aliphatic carboxylic acids is 1. The number of ether oxygens (including phenoxy) is 2. The predicted molar refractivity (Wildman–Crippen MR) is 145 cm³/mol. The summed E-state index contributed by atoms with van der Waals surface area (Å²) in [4.78, 5) is 28.8. The smallest absolute Gasteiger partial charge is 0.407 e. The Bertz CT molecular complexity index is 1240. The molecule has 0 spiro atoms. The molecule has 0 unspecified atom stereocenters. The second kappa shape index (κ2) is 13.2. The lowest BCUT2D eigenvalue weighted by molar-refractivity contribution is -0.143. The van der Waals surface area contributed by atoms with E-state index in [-0.39, 0.29) is 24.8 Å². The van der Waals surface area contributed by atoms with Crippen LogP contribution in [0.1, 0.15) is 38.3 Å². The number of carbonyl (C=O) groups excluding carboxylic acids is 1. The lowest BCUT2D eigenvalue weighted by atomic mass is 9.89. The normalized spacial score (nSPS) is 13.7. The molecular weight excluding hydrogens is 503 g/mol. The molecule has 3 aromatic rings. The van der Waals surface area contributed by atoms with Crippen molar-refractivity contribution < 1.29 is 33.7 Å². The van der Waals surface area contributed by atoms with Gasteiger partial charge in [0.25, 0.3) is 0 Å². The van der Waals surface area contributed by atoms with Crippen LogP contribution in [-0.2, 0) is 22.4 Å². The summed E-state index contributed by atoms with van der Waals surface area (Å²) in [6.45, 7) is 5.17. The second-order valence-electron chi connectivity index (χ2n) is 10.4. The number of pyridine rings is 1. The van der Waals surface area contributed by atoms with Crippen molar-refractivity contribution in [2.45, 2.75) is 57.8 Å². The van der Waals surface area contributed by atoms with Crippen molar-refractivity contribution in [2.24, 2.45) is 5.92 Å².